The number of fused-ring (bicyclic) bond motifs is 1. The quantitative estimate of drug-likeness (QED) is 0.658. The molecule has 2 heterocycles. The van der Waals surface area contributed by atoms with Crippen molar-refractivity contribution in [2.45, 2.75) is 6.54 Å². The summed E-state index contributed by atoms with van der Waals surface area (Å²) in [5, 5.41) is 4.06. The van der Waals surface area contributed by atoms with E-state index in [9.17, 15) is 4.79 Å². The van der Waals surface area contributed by atoms with Gasteiger partial charge in [0.25, 0.3) is 11.9 Å². The topological polar surface area (TPSA) is 79.9 Å². The summed E-state index contributed by atoms with van der Waals surface area (Å²) in [6.07, 6.45) is 0. The number of nitrogens with one attached hydrogen (secondary N) is 2. The minimum absolute atomic E-state index is 0.193. The van der Waals surface area contributed by atoms with Gasteiger partial charge in [-0.2, -0.15) is 4.98 Å². The molecule has 0 radical (unpaired) electrons. The Morgan fingerprint density at radius 2 is 1.88 bits per heavy atom. The number of imidazole rings is 1. The molecule has 6 nitrogen and oxygen atoms in total. The summed E-state index contributed by atoms with van der Waals surface area (Å²) in [6.45, 7) is 0.0988. The Hall–Kier alpha value is -2.02. The van der Waals surface area contributed by atoms with Crippen LogP contribution in [0.25, 0.3) is 11.2 Å². The number of halogens is 3. The van der Waals surface area contributed by atoms with Crippen LogP contribution in [0.4, 0.5) is 0 Å². The number of aromatic amines is 1. The van der Waals surface area contributed by atoms with E-state index < -0.39 is 0 Å². The van der Waals surface area contributed by atoms with Crippen LogP contribution in [-0.4, -0.2) is 27.5 Å². The lowest BCUT2D eigenvalue weighted by Gasteiger charge is -2.06. The first kappa shape index (κ1) is 16.8. The number of ether oxygens (including phenoxy) is 1. The number of amides is 1. The smallest absolute Gasteiger partial charge is 0.296 e. The Bertz CT molecular complexity index is 877. The zero-order valence-corrected chi connectivity index (χ0v) is 14.4. The van der Waals surface area contributed by atoms with E-state index in [1.165, 1.54) is 0 Å². The highest BCUT2D eigenvalue weighted by atomic mass is 35.5. The van der Waals surface area contributed by atoms with Crippen molar-refractivity contribution in [2.24, 2.45) is 0 Å². The molecule has 24 heavy (non-hydrogen) atoms. The van der Waals surface area contributed by atoms with Crippen LogP contribution in [0.1, 0.15) is 5.56 Å². The fourth-order valence-corrected chi connectivity index (χ4v) is 2.73. The number of hydrogen-bond acceptors (Lipinski definition) is 4. The van der Waals surface area contributed by atoms with E-state index in [1.54, 1.807) is 30.3 Å². The van der Waals surface area contributed by atoms with E-state index in [2.05, 4.69) is 20.3 Å². The molecule has 0 unspecified atom stereocenters. The predicted octanol–water partition coefficient (Wildman–Crippen LogP) is 3.61. The number of aromatic nitrogens is 3. The number of hydrogen-bond donors (Lipinski definition) is 2. The Labute approximate surface area is 152 Å². The maximum absolute atomic E-state index is 11.8. The zero-order chi connectivity index (χ0) is 17.1. The molecule has 2 aromatic heterocycles. The van der Waals surface area contributed by atoms with Crippen molar-refractivity contribution in [1.82, 2.24) is 20.3 Å². The van der Waals surface area contributed by atoms with E-state index in [4.69, 9.17) is 39.5 Å². The maximum Gasteiger partial charge on any atom is 0.296 e. The molecule has 1 aromatic carbocycles. The van der Waals surface area contributed by atoms with Crippen molar-refractivity contribution in [3.63, 3.8) is 0 Å². The van der Waals surface area contributed by atoms with Crippen molar-refractivity contribution < 1.29 is 9.53 Å². The van der Waals surface area contributed by atoms with Crippen LogP contribution < -0.4 is 10.1 Å². The molecule has 0 bridgehead atoms. The molecule has 0 aliphatic carbocycles. The van der Waals surface area contributed by atoms with Gasteiger partial charge in [0.1, 0.15) is 5.15 Å². The highest BCUT2D eigenvalue weighted by Gasteiger charge is 2.08. The van der Waals surface area contributed by atoms with E-state index in [0.29, 0.717) is 32.9 Å². The Morgan fingerprint density at radius 1 is 1.12 bits per heavy atom. The molecule has 3 rings (SSSR count). The summed E-state index contributed by atoms with van der Waals surface area (Å²) in [5.74, 6) is -0.308. The largest absolute Gasteiger partial charge is 0.455 e. The number of nitrogens with zero attached hydrogens (tertiary/aromatic N) is 2. The lowest BCUT2D eigenvalue weighted by molar-refractivity contribution is -0.123. The van der Waals surface area contributed by atoms with Gasteiger partial charge in [0, 0.05) is 16.6 Å². The molecular formula is C15H11Cl3N4O2. The van der Waals surface area contributed by atoms with E-state index in [-0.39, 0.29) is 18.5 Å². The molecule has 1 amide bonds. The molecule has 2 N–H and O–H groups in total. The van der Waals surface area contributed by atoms with Crippen molar-refractivity contribution in [2.75, 3.05) is 6.61 Å². The maximum atomic E-state index is 11.8. The van der Waals surface area contributed by atoms with Gasteiger partial charge in [0.2, 0.25) is 0 Å². The van der Waals surface area contributed by atoms with Crippen LogP contribution in [0.3, 0.4) is 0 Å². The molecule has 124 valence electrons. The highest BCUT2D eigenvalue weighted by Crippen LogP contribution is 2.19. The lowest BCUT2D eigenvalue weighted by Crippen LogP contribution is -2.28. The number of benzene rings is 1. The molecule has 0 atom stereocenters. The summed E-state index contributed by atoms with van der Waals surface area (Å²) < 4.78 is 5.31. The standard InChI is InChI=1S/C15H11Cl3N4O2/c16-9-3-8(4-10(17)5-9)6-19-13(23)7-24-15-20-11-1-2-12(18)21-14(11)22-15/h1-5H,6-7H2,(H,19,23)(H,20,21,22). The Kier molecular flexibility index (Phi) is 5.08. The van der Waals surface area contributed by atoms with Crippen molar-refractivity contribution in [1.29, 1.82) is 0 Å². The van der Waals surface area contributed by atoms with Gasteiger partial charge in [-0.15, -0.1) is 0 Å². The van der Waals surface area contributed by atoms with Crippen molar-refractivity contribution >= 4 is 51.9 Å². The lowest BCUT2D eigenvalue weighted by atomic mass is 10.2. The average molecular weight is 386 g/mol. The summed E-state index contributed by atoms with van der Waals surface area (Å²) in [6, 6.07) is 8.63. The molecule has 0 aliphatic rings. The predicted molar refractivity (Wildman–Crippen MR) is 92.7 cm³/mol. The zero-order valence-electron chi connectivity index (χ0n) is 12.1. The second-order valence-corrected chi connectivity index (χ2v) is 6.15. The number of carbonyl (C=O) groups excluding carboxylic acids is 1. The molecule has 0 spiro atoms. The minimum atomic E-state index is -0.308. The van der Waals surface area contributed by atoms with Crippen LogP contribution in [0.15, 0.2) is 30.3 Å². The number of rotatable bonds is 5. The first-order chi connectivity index (χ1) is 11.5. The highest BCUT2D eigenvalue weighted by molar-refractivity contribution is 6.34. The third-order valence-electron chi connectivity index (χ3n) is 3.04. The third-order valence-corrected chi connectivity index (χ3v) is 3.69. The molecule has 0 saturated heterocycles. The van der Waals surface area contributed by atoms with E-state index in [0.717, 1.165) is 5.56 Å². The van der Waals surface area contributed by atoms with Crippen LogP contribution in [0.2, 0.25) is 15.2 Å². The first-order valence-corrected chi connectivity index (χ1v) is 8.00. The first-order valence-electron chi connectivity index (χ1n) is 6.86. The van der Waals surface area contributed by atoms with Gasteiger partial charge in [-0.3, -0.25) is 4.79 Å². The van der Waals surface area contributed by atoms with Gasteiger partial charge >= 0.3 is 0 Å². The number of carbonyl (C=O) groups is 1. The number of pyridine rings is 1. The van der Waals surface area contributed by atoms with E-state index >= 15 is 0 Å². The van der Waals surface area contributed by atoms with Gasteiger partial charge in [-0.25, -0.2) is 4.98 Å². The van der Waals surface area contributed by atoms with Gasteiger partial charge in [0.15, 0.2) is 12.3 Å². The second-order valence-electron chi connectivity index (χ2n) is 4.89. The monoisotopic (exact) mass is 384 g/mol. The van der Waals surface area contributed by atoms with Crippen LogP contribution >= 0.6 is 34.8 Å². The van der Waals surface area contributed by atoms with Gasteiger partial charge in [-0.05, 0) is 35.9 Å². The molecule has 9 heteroatoms. The summed E-state index contributed by atoms with van der Waals surface area (Å²) in [7, 11) is 0. The van der Waals surface area contributed by atoms with Gasteiger partial charge in [0.05, 0.1) is 5.52 Å². The second kappa shape index (κ2) is 7.25. The molecule has 0 saturated carbocycles. The summed E-state index contributed by atoms with van der Waals surface area (Å²) >= 11 is 17.6. The average Bonchev–Trinajstić information content (AvgIpc) is 2.92. The Morgan fingerprint density at radius 3 is 2.62 bits per heavy atom. The molecule has 3 aromatic rings. The van der Waals surface area contributed by atoms with Gasteiger partial charge in [-0.1, -0.05) is 34.8 Å². The van der Waals surface area contributed by atoms with Crippen LogP contribution in [0, 0.1) is 0 Å². The van der Waals surface area contributed by atoms with Crippen molar-refractivity contribution in [3.8, 4) is 6.01 Å². The number of H-pyrrole nitrogens is 1. The summed E-state index contributed by atoms with van der Waals surface area (Å²) in [5.41, 5.74) is 1.89. The van der Waals surface area contributed by atoms with E-state index in [1.807, 2.05) is 0 Å². The molecule has 0 aliphatic heterocycles. The van der Waals surface area contributed by atoms with Crippen LogP contribution in [0.5, 0.6) is 6.01 Å². The van der Waals surface area contributed by atoms with Gasteiger partial charge < -0.3 is 15.0 Å². The minimum Gasteiger partial charge on any atom is -0.455 e. The summed E-state index contributed by atoms with van der Waals surface area (Å²) in [4.78, 5) is 22.9. The van der Waals surface area contributed by atoms with Crippen LogP contribution in [-0.2, 0) is 11.3 Å². The molecule has 0 fully saturated rings. The normalized spacial score (nSPS) is 10.8. The fourth-order valence-electron chi connectivity index (χ4n) is 2.01. The Balaban J connectivity index is 1.54. The fraction of sp³-hybridized carbons (Fsp3) is 0.133. The molecular weight excluding hydrogens is 375 g/mol. The SMILES string of the molecule is O=C(COc1nc2nc(Cl)ccc2[nH]1)NCc1cc(Cl)cc(Cl)c1. The third kappa shape index (κ3) is 4.29. The van der Waals surface area contributed by atoms with Crippen molar-refractivity contribution in [3.05, 3.63) is 51.1 Å².